The number of fused-ring (bicyclic) bond motifs is 1. The van der Waals surface area contributed by atoms with Crippen molar-refractivity contribution in [1.82, 2.24) is 15.3 Å². The predicted molar refractivity (Wildman–Crippen MR) is 60.2 cm³/mol. The molecule has 0 unspecified atom stereocenters. The van der Waals surface area contributed by atoms with Gasteiger partial charge in [-0.2, -0.15) is 0 Å². The topological polar surface area (TPSA) is 51.0 Å². The summed E-state index contributed by atoms with van der Waals surface area (Å²) in [5, 5.41) is 3.77. The van der Waals surface area contributed by atoms with Crippen LogP contribution in [-0.2, 0) is 13.0 Å². The zero-order valence-corrected chi connectivity index (χ0v) is 9.29. The molecule has 3 rings (SSSR count). The van der Waals surface area contributed by atoms with Crippen molar-refractivity contribution in [3.8, 4) is 11.6 Å². The Morgan fingerprint density at radius 1 is 1.38 bits per heavy atom. The molecule has 2 aromatic rings. The van der Waals surface area contributed by atoms with Crippen molar-refractivity contribution in [1.29, 1.82) is 0 Å². The fraction of sp³-hybridized carbons (Fsp3) is 0.273. The molecule has 0 spiro atoms. The second-order valence-electron chi connectivity index (χ2n) is 3.67. The monoisotopic (exact) mass is 235 g/mol. The molecule has 4 nitrogen and oxygen atoms in total. The van der Waals surface area contributed by atoms with Crippen LogP contribution in [0.5, 0.6) is 0 Å². The van der Waals surface area contributed by atoms with Crippen LogP contribution < -0.4 is 5.32 Å². The van der Waals surface area contributed by atoms with E-state index in [1.807, 2.05) is 12.1 Å². The second-order valence-corrected chi connectivity index (χ2v) is 4.03. The van der Waals surface area contributed by atoms with Gasteiger partial charge < -0.3 is 9.73 Å². The molecule has 0 amide bonds. The van der Waals surface area contributed by atoms with E-state index in [1.165, 1.54) is 0 Å². The van der Waals surface area contributed by atoms with E-state index < -0.39 is 0 Å². The van der Waals surface area contributed by atoms with Crippen molar-refractivity contribution < 1.29 is 4.42 Å². The third-order valence-electron chi connectivity index (χ3n) is 2.62. The quantitative estimate of drug-likeness (QED) is 0.769. The van der Waals surface area contributed by atoms with Crippen LogP contribution >= 0.6 is 11.6 Å². The first-order valence-corrected chi connectivity index (χ1v) is 5.52. The van der Waals surface area contributed by atoms with Crippen LogP contribution in [0.4, 0.5) is 0 Å². The summed E-state index contributed by atoms with van der Waals surface area (Å²) in [6, 6.07) is 3.65. The molecule has 16 heavy (non-hydrogen) atoms. The van der Waals surface area contributed by atoms with E-state index in [0.717, 1.165) is 30.8 Å². The largest absolute Gasteiger partial charge is 0.461 e. The molecule has 1 N–H and O–H groups in total. The summed E-state index contributed by atoms with van der Waals surface area (Å²) in [6.07, 6.45) is 2.49. The normalized spacial score (nSPS) is 14.8. The zero-order chi connectivity index (χ0) is 11.0. The van der Waals surface area contributed by atoms with Crippen molar-refractivity contribution in [3.63, 3.8) is 0 Å². The van der Waals surface area contributed by atoms with Crippen LogP contribution in [0.3, 0.4) is 0 Å². The first kappa shape index (κ1) is 9.81. The van der Waals surface area contributed by atoms with Gasteiger partial charge in [0, 0.05) is 25.1 Å². The summed E-state index contributed by atoms with van der Waals surface area (Å²) in [4.78, 5) is 8.74. The lowest BCUT2D eigenvalue weighted by atomic mass is 10.1. The minimum Gasteiger partial charge on any atom is -0.461 e. The molecule has 5 heteroatoms. The fourth-order valence-electron chi connectivity index (χ4n) is 1.82. The van der Waals surface area contributed by atoms with Gasteiger partial charge in [-0.1, -0.05) is 11.6 Å². The van der Waals surface area contributed by atoms with Gasteiger partial charge >= 0.3 is 0 Å². The molecular weight excluding hydrogens is 226 g/mol. The van der Waals surface area contributed by atoms with Crippen molar-refractivity contribution in [3.05, 3.63) is 34.8 Å². The maximum absolute atomic E-state index is 6.13. The Hall–Kier alpha value is -1.39. The van der Waals surface area contributed by atoms with E-state index in [4.69, 9.17) is 16.0 Å². The smallest absolute Gasteiger partial charge is 0.197 e. The van der Waals surface area contributed by atoms with Crippen molar-refractivity contribution >= 4 is 11.6 Å². The summed E-state index contributed by atoms with van der Waals surface area (Å²) >= 11 is 6.13. The summed E-state index contributed by atoms with van der Waals surface area (Å²) < 4.78 is 5.27. The lowest BCUT2D eigenvalue weighted by molar-refractivity contribution is 0.573. The van der Waals surface area contributed by atoms with Gasteiger partial charge in [0.1, 0.15) is 5.15 Å². The molecule has 0 fully saturated rings. The third-order valence-corrected chi connectivity index (χ3v) is 2.94. The van der Waals surface area contributed by atoms with E-state index in [9.17, 15) is 0 Å². The number of nitrogens with zero attached hydrogens (tertiary/aromatic N) is 2. The van der Waals surface area contributed by atoms with E-state index >= 15 is 0 Å². The molecule has 0 aliphatic carbocycles. The summed E-state index contributed by atoms with van der Waals surface area (Å²) in [7, 11) is 0. The number of aromatic nitrogens is 2. The highest BCUT2D eigenvalue weighted by atomic mass is 35.5. The van der Waals surface area contributed by atoms with Crippen molar-refractivity contribution in [2.45, 2.75) is 13.0 Å². The van der Waals surface area contributed by atoms with Gasteiger partial charge in [0.25, 0.3) is 0 Å². The fourth-order valence-corrected chi connectivity index (χ4v) is 2.07. The molecule has 1 aliphatic rings. The molecule has 0 atom stereocenters. The zero-order valence-electron chi connectivity index (χ0n) is 8.53. The first-order valence-electron chi connectivity index (χ1n) is 5.14. The maximum Gasteiger partial charge on any atom is 0.197 e. The average Bonchev–Trinajstić information content (AvgIpc) is 2.82. The van der Waals surface area contributed by atoms with Gasteiger partial charge in [-0.15, -0.1) is 0 Å². The van der Waals surface area contributed by atoms with E-state index in [2.05, 4.69) is 15.3 Å². The maximum atomic E-state index is 6.13. The molecule has 0 aromatic carbocycles. The molecule has 0 saturated carbocycles. The number of nitrogens with one attached hydrogen (secondary N) is 1. The number of hydrogen-bond donors (Lipinski definition) is 1. The third kappa shape index (κ3) is 1.60. The first-order chi connectivity index (χ1) is 7.84. The minimum atomic E-state index is 0.517. The Balaban J connectivity index is 2.12. The molecule has 82 valence electrons. The highest BCUT2D eigenvalue weighted by Crippen LogP contribution is 2.24. The lowest BCUT2D eigenvalue weighted by Crippen LogP contribution is -2.25. The summed E-state index contributed by atoms with van der Waals surface area (Å²) in [6.45, 7) is 1.67. The van der Waals surface area contributed by atoms with Crippen LogP contribution in [0, 0.1) is 0 Å². The molecule has 3 heterocycles. The summed E-state index contributed by atoms with van der Waals surface area (Å²) in [5.74, 6) is 1.22. The Kier molecular flexibility index (Phi) is 2.38. The number of hydrogen-bond acceptors (Lipinski definition) is 4. The summed E-state index contributed by atoms with van der Waals surface area (Å²) in [5.41, 5.74) is 2.02. The Morgan fingerprint density at radius 3 is 3.12 bits per heavy atom. The van der Waals surface area contributed by atoms with Gasteiger partial charge in [0.15, 0.2) is 11.6 Å². The molecule has 0 radical (unpaired) electrons. The van der Waals surface area contributed by atoms with Gasteiger partial charge in [0.05, 0.1) is 12.0 Å². The molecular formula is C11H10ClN3O. The lowest BCUT2D eigenvalue weighted by Gasteiger charge is -2.17. The van der Waals surface area contributed by atoms with Gasteiger partial charge in [-0.3, -0.25) is 0 Å². The minimum absolute atomic E-state index is 0.517. The molecule has 0 bridgehead atoms. The number of halogens is 1. The Labute approximate surface area is 97.7 Å². The van der Waals surface area contributed by atoms with Gasteiger partial charge in [-0.05, 0) is 12.1 Å². The molecule has 2 aromatic heterocycles. The van der Waals surface area contributed by atoms with Gasteiger partial charge in [-0.25, -0.2) is 9.97 Å². The second kappa shape index (κ2) is 3.88. The van der Waals surface area contributed by atoms with Crippen molar-refractivity contribution in [2.75, 3.05) is 6.54 Å². The Morgan fingerprint density at radius 2 is 2.31 bits per heavy atom. The van der Waals surface area contributed by atoms with Crippen molar-refractivity contribution in [2.24, 2.45) is 0 Å². The molecule has 0 saturated heterocycles. The highest BCUT2D eigenvalue weighted by molar-refractivity contribution is 6.30. The van der Waals surface area contributed by atoms with Crippen LogP contribution in [0.1, 0.15) is 11.3 Å². The van der Waals surface area contributed by atoms with Crippen LogP contribution in [-0.4, -0.2) is 16.5 Å². The average molecular weight is 236 g/mol. The van der Waals surface area contributed by atoms with Gasteiger partial charge in [0.2, 0.25) is 0 Å². The number of rotatable bonds is 1. The highest BCUT2D eigenvalue weighted by Gasteiger charge is 2.17. The standard InChI is InChI=1S/C11H10ClN3O/c12-10-7-6-13-4-3-8(7)14-11(15-10)9-2-1-5-16-9/h1-2,5,13H,3-4,6H2. The van der Waals surface area contributed by atoms with E-state index in [-0.39, 0.29) is 0 Å². The van der Waals surface area contributed by atoms with Crippen LogP contribution in [0.15, 0.2) is 22.8 Å². The Bertz CT molecular complexity index is 510. The number of furan rings is 1. The molecule has 1 aliphatic heterocycles. The van der Waals surface area contributed by atoms with Crippen LogP contribution in [0.25, 0.3) is 11.6 Å². The predicted octanol–water partition coefficient (Wildman–Crippen LogP) is 2.04. The SMILES string of the molecule is Clc1nc(-c2ccco2)nc2c1CNCC2. The van der Waals surface area contributed by atoms with Crippen LogP contribution in [0.2, 0.25) is 5.15 Å². The van der Waals surface area contributed by atoms with E-state index in [1.54, 1.807) is 6.26 Å². The van der Waals surface area contributed by atoms with E-state index in [0.29, 0.717) is 16.7 Å².